The van der Waals surface area contributed by atoms with Crippen molar-refractivity contribution in [3.05, 3.63) is 53.7 Å². The summed E-state index contributed by atoms with van der Waals surface area (Å²) in [5.41, 5.74) is 5.83. The van der Waals surface area contributed by atoms with Crippen molar-refractivity contribution in [1.82, 2.24) is 9.88 Å². The average molecular weight is 350 g/mol. The quantitative estimate of drug-likeness (QED) is 0.750. The number of benzene rings is 2. The highest BCUT2D eigenvalue weighted by Crippen LogP contribution is 2.35. The van der Waals surface area contributed by atoms with E-state index >= 15 is 0 Å². The number of aliphatic hydroxyl groups excluding tert-OH is 1. The van der Waals surface area contributed by atoms with E-state index in [2.05, 4.69) is 40.2 Å². The number of aliphatic hydroxyl groups is 1. The van der Waals surface area contributed by atoms with Crippen LogP contribution in [0.5, 0.6) is 5.75 Å². The number of aromatic nitrogens is 1. The lowest BCUT2D eigenvalue weighted by atomic mass is 9.94. The molecule has 1 aliphatic heterocycles. The van der Waals surface area contributed by atoms with Gasteiger partial charge in [-0.25, -0.2) is 0 Å². The standard InChI is InChI=1S/C22H26N2O2/c1-3-22(25)20-14-18(26-2)5-6-19(20)15-4-7-21-16(12-15)13-17-8-9-23-10-11-24(17)21/h4-7,12-14,22-23,25H,3,8-11H2,1-2H3. The number of nitrogens with zero attached hydrogens (tertiary/aromatic N) is 1. The molecule has 4 nitrogen and oxygen atoms in total. The Morgan fingerprint density at radius 1 is 1.15 bits per heavy atom. The van der Waals surface area contributed by atoms with Crippen LogP contribution < -0.4 is 10.1 Å². The molecule has 3 aromatic rings. The van der Waals surface area contributed by atoms with Gasteiger partial charge in [0.05, 0.1) is 13.2 Å². The maximum atomic E-state index is 10.5. The molecule has 1 unspecified atom stereocenters. The molecule has 0 saturated carbocycles. The van der Waals surface area contributed by atoms with E-state index in [9.17, 15) is 5.11 Å². The van der Waals surface area contributed by atoms with E-state index in [0.717, 1.165) is 48.5 Å². The number of ether oxygens (including phenoxy) is 1. The summed E-state index contributed by atoms with van der Waals surface area (Å²) < 4.78 is 7.78. The lowest BCUT2D eigenvalue weighted by Gasteiger charge is -2.16. The zero-order valence-corrected chi connectivity index (χ0v) is 15.5. The maximum Gasteiger partial charge on any atom is 0.119 e. The number of methoxy groups -OCH3 is 1. The van der Waals surface area contributed by atoms with E-state index < -0.39 is 6.10 Å². The molecule has 0 amide bonds. The zero-order chi connectivity index (χ0) is 18.1. The fourth-order valence-corrected chi connectivity index (χ4v) is 3.93. The number of hydrogen-bond acceptors (Lipinski definition) is 3. The minimum absolute atomic E-state index is 0.493. The predicted octanol–water partition coefficient (Wildman–Crippen LogP) is 3.91. The molecule has 0 fully saturated rings. The third kappa shape index (κ3) is 3.00. The molecule has 4 rings (SSSR count). The van der Waals surface area contributed by atoms with Crippen molar-refractivity contribution in [2.75, 3.05) is 20.2 Å². The fourth-order valence-electron chi connectivity index (χ4n) is 3.93. The third-order valence-corrected chi connectivity index (χ3v) is 5.37. The first-order valence-corrected chi connectivity index (χ1v) is 9.40. The van der Waals surface area contributed by atoms with Crippen molar-refractivity contribution in [3.63, 3.8) is 0 Å². The van der Waals surface area contributed by atoms with Crippen LogP contribution in [0.4, 0.5) is 0 Å². The minimum Gasteiger partial charge on any atom is -0.497 e. The van der Waals surface area contributed by atoms with Crippen molar-refractivity contribution in [1.29, 1.82) is 0 Å². The molecule has 1 atom stereocenters. The highest BCUT2D eigenvalue weighted by atomic mass is 16.5. The number of nitrogens with one attached hydrogen (secondary N) is 1. The van der Waals surface area contributed by atoms with Crippen LogP contribution in [0.2, 0.25) is 0 Å². The number of rotatable bonds is 4. The second-order valence-electron chi connectivity index (χ2n) is 6.94. The average Bonchev–Trinajstić information content (AvgIpc) is 2.86. The van der Waals surface area contributed by atoms with E-state index in [0.29, 0.717) is 6.42 Å². The van der Waals surface area contributed by atoms with Gasteiger partial charge in [0.15, 0.2) is 0 Å². The Morgan fingerprint density at radius 3 is 2.85 bits per heavy atom. The monoisotopic (exact) mass is 350 g/mol. The van der Waals surface area contributed by atoms with Crippen molar-refractivity contribution in [2.45, 2.75) is 32.4 Å². The zero-order valence-electron chi connectivity index (χ0n) is 15.5. The molecule has 136 valence electrons. The molecular formula is C22H26N2O2. The first-order valence-electron chi connectivity index (χ1n) is 9.40. The summed E-state index contributed by atoms with van der Waals surface area (Å²) in [6.45, 7) is 5.06. The first kappa shape index (κ1) is 17.1. The third-order valence-electron chi connectivity index (χ3n) is 5.37. The summed E-state index contributed by atoms with van der Waals surface area (Å²) in [5.74, 6) is 0.778. The first-order chi connectivity index (χ1) is 12.7. The largest absolute Gasteiger partial charge is 0.497 e. The summed E-state index contributed by atoms with van der Waals surface area (Å²) >= 11 is 0. The Kier molecular flexibility index (Phi) is 4.70. The van der Waals surface area contributed by atoms with Crippen LogP contribution in [0, 0.1) is 0 Å². The molecule has 0 bridgehead atoms. The lowest BCUT2D eigenvalue weighted by molar-refractivity contribution is 0.174. The minimum atomic E-state index is -0.493. The summed E-state index contributed by atoms with van der Waals surface area (Å²) in [4.78, 5) is 0. The molecule has 1 aromatic heterocycles. The summed E-state index contributed by atoms with van der Waals surface area (Å²) in [6, 6.07) is 14.9. The Hall–Kier alpha value is -2.30. The summed E-state index contributed by atoms with van der Waals surface area (Å²) in [7, 11) is 1.66. The van der Waals surface area contributed by atoms with Crippen LogP contribution in [-0.4, -0.2) is 29.9 Å². The molecular weight excluding hydrogens is 324 g/mol. The second kappa shape index (κ2) is 7.14. The highest BCUT2D eigenvalue weighted by molar-refractivity contribution is 5.87. The molecule has 2 heterocycles. The van der Waals surface area contributed by atoms with Crippen LogP contribution >= 0.6 is 0 Å². The smallest absolute Gasteiger partial charge is 0.119 e. The van der Waals surface area contributed by atoms with Crippen LogP contribution in [0.3, 0.4) is 0 Å². The van der Waals surface area contributed by atoms with Gasteiger partial charge >= 0.3 is 0 Å². The van der Waals surface area contributed by atoms with E-state index in [-0.39, 0.29) is 0 Å². The second-order valence-corrected chi connectivity index (χ2v) is 6.94. The Balaban J connectivity index is 1.82. The molecule has 26 heavy (non-hydrogen) atoms. The van der Waals surface area contributed by atoms with Crippen LogP contribution in [-0.2, 0) is 13.0 Å². The molecule has 0 aliphatic carbocycles. The van der Waals surface area contributed by atoms with Crippen LogP contribution in [0.15, 0.2) is 42.5 Å². The van der Waals surface area contributed by atoms with Gasteiger partial charge in [-0.3, -0.25) is 0 Å². The maximum absolute atomic E-state index is 10.5. The van der Waals surface area contributed by atoms with Gasteiger partial charge in [-0.1, -0.05) is 19.1 Å². The summed E-state index contributed by atoms with van der Waals surface area (Å²) in [5, 5.41) is 15.2. The Bertz CT molecular complexity index is 929. The van der Waals surface area contributed by atoms with Crippen LogP contribution in [0.25, 0.3) is 22.0 Å². The van der Waals surface area contributed by atoms with Gasteiger partial charge in [-0.2, -0.15) is 0 Å². The normalized spacial score (nSPS) is 15.5. The van der Waals surface area contributed by atoms with Gasteiger partial charge in [0, 0.05) is 42.7 Å². The van der Waals surface area contributed by atoms with Gasteiger partial charge in [0.2, 0.25) is 0 Å². The molecule has 0 spiro atoms. The molecule has 4 heteroatoms. The van der Waals surface area contributed by atoms with Crippen molar-refractivity contribution >= 4 is 10.9 Å². The highest BCUT2D eigenvalue weighted by Gasteiger charge is 2.16. The van der Waals surface area contributed by atoms with E-state index in [1.807, 2.05) is 19.1 Å². The van der Waals surface area contributed by atoms with Crippen LogP contribution in [0.1, 0.15) is 30.7 Å². The number of fused-ring (bicyclic) bond motifs is 3. The van der Waals surface area contributed by atoms with Gasteiger partial charge in [-0.15, -0.1) is 0 Å². The molecule has 2 N–H and O–H groups in total. The molecule has 2 aromatic carbocycles. The van der Waals surface area contributed by atoms with Crippen molar-refractivity contribution in [2.24, 2.45) is 0 Å². The van der Waals surface area contributed by atoms with Gasteiger partial charge in [-0.05, 0) is 53.4 Å². The Labute approximate surface area is 154 Å². The SMILES string of the molecule is CCC(O)c1cc(OC)ccc1-c1ccc2c(c1)cc1n2CCNCC1. The Morgan fingerprint density at radius 2 is 2.04 bits per heavy atom. The molecule has 0 saturated heterocycles. The van der Waals surface area contributed by atoms with Gasteiger partial charge < -0.3 is 19.7 Å². The topological polar surface area (TPSA) is 46.4 Å². The van der Waals surface area contributed by atoms with Gasteiger partial charge in [0.25, 0.3) is 0 Å². The van der Waals surface area contributed by atoms with Gasteiger partial charge in [0.1, 0.15) is 5.75 Å². The van der Waals surface area contributed by atoms with E-state index in [1.165, 1.54) is 16.6 Å². The lowest BCUT2D eigenvalue weighted by Crippen LogP contribution is -2.17. The van der Waals surface area contributed by atoms with E-state index in [4.69, 9.17) is 4.74 Å². The van der Waals surface area contributed by atoms with E-state index in [1.54, 1.807) is 7.11 Å². The predicted molar refractivity (Wildman–Crippen MR) is 106 cm³/mol. The molecule has 0 radical (unpaired) electrons. The van der Waals surface area contributed by atoms with Crippen molar-refractivity contribution < 1.29 is 9.84 Å². The number of hydrogen-bond donors (Lipinski definition) is 2. The fraction of sp³-hybridized carbons (Fsp3) is 0.364. The van der Waals surface area contributed by atoms with Crippen molar-refractivity contribution in [3.8, 4) is 16.9 Å². The summed E-state index contributed by atoms with van der Waals surface area (Å²) in [6.07, 6.45) is 1.25. The molecule has 1 aliphatic rings.